The van der Waals surface area contributed by atoms with E-state index < -0.39 is 35.7 Å². The first-order valence-corrected chi connectivity index (χ1v) is 13.8. The first kappa shape index (κ1) is 33.9. The summed E-state index contributed by atoms with van der Waals surface area (Å²) in [4.78, 5) is 48.8. The first-order chi connectivity index (χ1) is 18.4. The van der Waals surface area contributed by atoms with E-state index in [9.17, 15) is 24.3 Å². The SMILES string of the molecule is CCCCCC(=O)Oc1ccc(CC(N)(C[C@H](C)OC(=O)OCC(C)C)C(=O)O)cc1OC(=O)CCCCC. The van der Waals surface area contributed by atoms with Crippen molar-refractivity contribution < 1.29 is 43.2 Å². The van der Waals surface area contributed by atoms with E-state index in [1.165, 1.54) is 19.1 Å². The van der Waals surface area contributed by atoms with E-state index in [4.69, 9.17) is 24.7 Å². The number of carbonyl (C=O) groups excluding carboxylic acids is 3. The number of hydrogen-bond donors (Lipinski definition) is 2. The first-order valence-electron chi connectivity index (χ1n) is 13.8. The molecule has 0 aromatic heterocycles. The number of carbonyl (C=O) groups is 4. The summed E-state index contributed by atoms with van der Waals surface area (Å²) < 4.78 is 21.2. The highest BCUT2D eigenvalue weighted by molar-refractivity contribution is 5.79. The van der Waals surface area contributed by atoms with Crippen LogP contribution in [0.15, 0.2) is 18.2 Å². The van der Waals surface area contributed by atoms with Crippen LogP contribution >= 0.6 is 0 Å². The number of ether oxygens (including phenoxy) is 4. The van der Waals surface area contributed by atoms with Crippen LogP contribution in [0, 0.1) is 5.92 Å². The lowest BCUT2D eigenvalue weighted by Crippen LogP contribution is -2.52. The van der Waals surface area contributed by atoms with E-state index in [0.717, 1.165) is 25.7 Å². The van der Waals surface area contributed by atoms with Crippen LogP contribution in [-0.4, -0.2) is 47.4 Å². The van der Waals surface area contributed by atoms with Crippen molar-refractivity contribution in [2.75, 3.05) is 6.61 Å². The van der Waals surface area contributed by atoms with E-state index in [-0.39, 0.29) is 49.7 Å². The van der Waals surface area contributed by atoms with Crippen LogP contribution in [0.25, 0.3) is 0 Å². The lowest BCUT2D eigenvalue weighted by atomic mass is 9.86. The summed E-state index contributed by atoms with van der Waals surface area (Å²) in [5.41, 5.74) is 4.90. The van der Waals surface area contributed by atoms with Crippen molar-refractivity contribution in [1.29, 1.82) is 0 Å². The van der Waals surface area contributed by atoms with Gasteiger partial charge in [-0.2, -0.15) is 0 Å². The van der Waals surface area contributed by atoms with Gasteiger partial charge in [-0.1, -0.05) is 59.4 Å². The maximum Gasteiger partial charge on any atom is 0.508 e. The molecule has 10 heteroatoms. The Morgan fingerprint density at radius 3 is 1.97 bits per heavy atom. The van der Waals surface area contributed by atoms with Crippen LogP contribution in [0.3, 0.4) is 0 Å². The molecule has 0 radical (unpaired) electrons. The van der Waals surface area contributed by atoms with Crippen LogP contribution in [-0.2, 0) is 30.3 Å². The number of benzene rings is 1. The summed E-state index contributed by atoms with van der Waals surface area (Å²) in [6.45, 7) is 9.51. The second-order valence-electron chi connectivity index (χ2n) is 10.4. The monoisotopic (exact) mass is 551 g/mol. The predicted molar refractivity (Wildman–Crippen MR) is 146 cm³/mol. The minimum absolute atomic E-state index is 0.0205. The van der Waals surface area contributed by atoms with Gasteiger partial charge in [0.25, 0.3) is 0 Å². The van der Waals surface area contributed by atoms with Gasteiger partial charge >= 0.3 is 24.1 Å². The number of rotatable bonds is 18. The van der Waals surface area contributed by atoms with E-state index in [0.29, 0.717) is 18.4 Å². The van der Waals surface area contributed by atoms with Gasteiger partial charge in [0.2, 0.25) is 0 Å². The Morgan fingerprint density at radius 1 is 0.897 bits per heavy atom. The van der Waals surface area contributed by atoms with Gasteiger partial charge in [-0.3, -0.25) is 14.4 Å². The maximum absolute atomic E-state index is 12.4. The third kappa shape index (κ3) is 13.5. The third-order valence-electron chi connectivity index (χ3n) is 5.85. The zero-order valence-electron chi connectivity index (χ0n) is 24.0. The van der Waals surface area contributed by atoms with E-state index in [1.807, 2.05) is 27.7 Å². The van der Waals surface area contributed by atoms with Crippen molar-refractivity contribution in [1.82, 2.24) is 0 Å². The van der Waals surface area contributed by atoms with E-state index in [2.05, 4.69) is 0 Å². The lowest BCUT2D eigenvalue weighted by Gasteiger charge is -2.28. The molecular weight excluding hydrogens is 506 g/mol. The Balaban J connectivity index is 3.08. The molecule has 0 saturated carbocycles. The Labute approximate surface area is 231 Å². The lowest BCUT2D eigenvalue weighted by molar-refractivity contribution is -0.144. The number of aliphatic carboxylic acids is 1. The van der Waals surface area contributed by atoms with Crippen LogP contribution in [0.5, 0.6) is 11.5 Å². The molecule has 0 aliphatic rings. The molecule has 0 aliphatic heterocycles. The molecule has 10 nitrogen and oxygen atoms in total. The molecule has 0 bridgehead atoms. The van der Waals surface area contributed by atoms with Crippen molar-refractivity contribution in [3.63, 3.8) is 0 Å². The van der Waals surface area contributed by atoms with Gasteiger partial charge < -0.3 is 29.8 Å². The third-order valence-corrected chi connectivity index (χ3v) is 5.85. The number of unbranched alkanes of at least 4 members (excludes halogenated alkanes) is 4. The second kappa shape index (κ2) is 17.4. The Morgan fingerprint density at radius 2 is 1.46 bits per heavy atom. The van der Waals surface area contributed by atoms with E-state index >= 15 is 0 Å². The topological polar surface area (TPSA) is 151 Å². The summed E-state index contributed by atoms with van der Waals surface area (Å²) >= 11 is 0. The number of carboxylic acid groups (broad SMARTS) is 1. The second-order valence-corrected chi connectivity index (χ2v) is 10.4. The quantitative estimate of drug-likeness (QED) is 0.134. The fraction of sp³-hybridized carbons (Fsp3) is 0.655. The highest BCUT2D eigenvalue weighted by Crippen LogP contribution is 2.32. The Bertz CT molecular complexity index is 947. The molecule has 1 unspecified atom stereocenters. The summed E-state index contributed by atoms with van der Waals surface area (Å²) in [6.07, 6.45) is 3.31. The van der Waals surface area contributed by atoms with Crippen LogP contribution in [0.1, 0.15) is 98.0 Å². The molecule has 0 heterocycles. The molecule has 0 aliphatic carbocycles. The molecule has 1 aromatic carbocycles. The Hall–Kier alpha value is -3.14. The summed E-state index contributed by atoms with van der Waals surface area (Å²) in [5.74, 6) is -2.01. The summed E-state index contributed by atoms with van der Waals surface area (Å²) in [7, 11) is 0. The highest BCUT2D eigenvalue weighted by atomic mass is 16.7. The maximum atomic E-state index is 12.4. The molecular formula is C29H45NO9. The van der Waals surface area contributed by atoms with Gasteiger partial charge in [0.05, 0.1) is 6.61 Å². The normalized spacial score (nSPS) is 13.3. The highest BCUT2D eigenvalue weighted by Gasteiger charge is 2.37. The van der Waals surface area contributed by atoms with Crippen LogP contribution in [0.4, 0.5) is 4.79 Å². The molecule has 220 valence electrons. The number of esters is 2. The molecule has 0 saturated heterocycles. The molecule has 3 N–H and O–H groups in total. The zero-order valence-corrected chi connectivity index (χ0v) is 24.0. The van der Waals surface area contributed by atoms with Gasteiger partial charge in [0, 0.05) is 25.7 Å². The minimum atomic E-state index is -1.81. The smallest absolute Gasteiger partial charge is 0.480 e. The largest absolute Gasteiger partial charge is 0.508 e. The molecule has 1 rings (SSSR count). The zero-order chi connectivity index (χ0) is 29.4. The summed E-state index contributed by atoms with van der Waals surface area (Å²) in [5, 5.41) is 9.91. The number of carboxylic acids is 1. The summed E-state index contributed by atoms with van der Waals surface area (Å²) in [6, 6.07) is 4.49. The molecule has 2 atom stereocenters. The molecule has 0 fully saturated rings. The van der Waals surface area contributed by atoms with Crippen LogP contribution in [0.2, 0.25) is 0 Å². The Kier molecular flexibility index (Phi) is 15.2. The van der Waals surface area contributed by atoms with Crippen molar-refractivity contribution in [3.8, 4) is 11.5 Å². The van der Waals surface area contributed by atoms with Gasteiger partial charge in [-0.05, 0) is 43.4 Å². The molecule has 39 heavy (non-hydrogen) atoms. The predicted octanol–water partition coefficient (Wildman–Crippen LogP) is 5.57. The molecule has 1 aromatic rings. The van der Waals surface area contributed by atoms with Crippen molar-refractivity contribution in [2.24, 2.45) is 11.7 Å². The average molecular weight is 552 g/mol. The fourth-order valence-corrected chi connectivity index (χ4v) is 3.80. The van der Waals surface area contributed by atoms with Gasteiger partial charge in [-0.25, -0.2) is 4.79 Å². The number of hydrogen-bond acceptors (Lipinski definition) is 9. The van der Waals surface area contributed by atoms with Crippen molar-refractivity contribution in [3.05, 3.63) is 23.8 Å². The standard InChI is InChI=1S/C29H45NO9/c1-6-8-10-12-25(31)38-23-15-14-22(16-24(23)39-26(32)13-11-9-7-2)18-29(30,27(33)34)17-21(5)37-28(35)36-19-20(3)4/h14-16,20-21H,6-13,17-19,30H2,1-5H3,(H,33,34)/t21-,29?/m0/s1. The van der Waals surface area contributed by atoms with Gasteiger partial charge in [0.1, 0.15) is 11.6 Å². The average Bonchev–Trinajstić information content (AvgIpc) is 2.84. The van der Waals surface area contributed by atoms with E-state index in [1.54, 1.807) is 6.07 Å². The molecule has 0 spiro atoms. The number of nitrogens with two attached hydrogens (primary N) is 1. The van der Waals surface area contributed by atoms with Gasteiger partial charge in [-0.15, -0.1) is 0 Å². The van der Waals surface area contributed by atoms with Crippen molar-refractivity contribution in [2.45, 2.75) is 110 Å². The molecule has 0 amide bonds. The van der Waals surface area contributed by atoms with Crippen LogP contribution < -0.4 is 15.2 Å². The van der Waals surface area contributed by atoms with Crippen molar-refractivity contribution >= 4 is 24.1 Å². The van der Waals surface area contributed by atoms with Gasteiger partial charge in [0.15, 0.2) is 11.5 Å². The minimum Gasteiger partial charge on any atom is -0.480 e. The fourth-order valence-electron chi connectivity index (χ4n) is 3.80.